The lowest BCUT2D eigenvalue weighted by molar-refractivity contribution is -0.120. The summed E-state index contributed by atoms with van der Waals surface area (Å²) in [5, 5.41) is 2.90. The molecule has 0 amide bonds. The first-order valence-electron chi connectivity index (χ1n) is 4.89. The van der Waals surface area contributed by atoms with Crippen molar-refractivity contribution in [2.24, 2.45) is 5.92 Å². The summed E-state index contributed by atoms with van der Waals surface area (Å²) >= 11 is 1.59. The van der Waals surface area contributed by atoms with Gasteiger partial charge in [-0.2, -0.15) is 0 Å². The maximum Gasteiger partial charge on any atom is 0.152 e. The minimum absolute atomic E-state index is 0.109. The molecule has 0 bridgehead atoms. The second-order valence-electron chi connectivity index (χ2n) is 3.70. The van der Waals surface area contributed by atoms with Crippen LogP contribution in [0.4, 0.5) is 0 Å². The van der Waals surface area contributed by atoms with E-state index in [0.29, 0.717) is 24.5 Å². The van der Waals surface area contributed by atoms with Crippen molar-refractivity contribution < 1.29 is 9.59 Å². The van der Waals surface area contributed by atoms with Crippen LogP contribution in [0.5, 0.6) is 0 Å². The lowest BCUT2D eigenvalue weighted by atomic mass is 9.88. The molecule has 0 aromatic heterocycles. The molecule has 1 aliphatic carbocycles. The fourth-order valence-electron chi connectivity index (χ4n) is 1.88. The molecule has 0 radical (unpaired) electrons. The lowest BCUT2D eigenvalue weighted by Crippen LogP contribution is -2.16. The smallest absolute Gasteiger partial charge is 0.152 e. The third-order valence-corrected chi connectivity index (χ3v) is 3.95. The first kappa shape index (κ1) is 9.77. The van der Waals surface area contributed by atoms with E-state index in [1.807, 2.05) is 6.20 Å². The fourth-order valence-corrected chi connectivity index (χ4v) is 2.93. The van der Waals surface area contributed by atoms with Gasteiger partial charge in [0.25, 0.3) is 0 Å². The van der Waals surface area contributed by atoms with Gasteiger partial charge in [0, 0.05) is 23.9 Å². The summed E-state index contributed by atoms with van der Waals surface area (Å²) in [5.74, 6) is 0.875. The van der Waals surface area contributed by atoms with Gasteiger partial charge in [-0.05, 0) is 18.8 Å². The molecule has 76 valence electrons. The number of Topliss-reactive ketones (excluding diaryl/α,β-unsaturated/α-hetero) is 1. The normalized spacial score (nSPS) is 28.4. The number of thioether (sulfide) groups is 1. The maximum absolute atomic E-state index is 11.0. The van der Waals surface area contributed by atoms with Crippen LogP contribution in [-0.4, -0.2) is 17.4 Å². The molecule has 1 saturated carbocycles. The van der Waals surface area contributed by atoms with Gasteiger partial charge in [0.05, 0.1) is 0 Å². The van der Waals surface area contributed by atoms with Crippen molar-refractivity contribution in [3.05, 3.63) is 11.1 Å². The summed E-state index contributed by atoms with van der Waals surface area (Å²) in [6.07, 6.45) is 6.16. The van der Waals surface area contributed by atoms with Crippen LogP contribution < -0.4 is 5.32 Å². The predicted octanol–water partition coefficient (Wildman–Crippen LogP) is 1.45. The molecule has 1 aliphatic heterocycles. The number of rotatable bonds is 2. The molecule has 3 nitrogen and oxygen atoms in total. The molecule has 0 spiro atoms. The Morgan fingerprint density at radius 3 is 2.71 bits per heavy atom. The summed E-state index contributed by atoms with van der Waals surface area (Å²) in [4.78, 5) is 22.8. The van der Waals surface area contributed by atoms with Crippen LogP contribution in [0.3, 0.4) is 0 Å². The standard InChI is InChI=1S/C10H13NO2S/c12-6-10-11-5-9(14-10)7-1-3-8(13)4-2-7/h5-7,10-11H,1-4H2. The van der Waals surface area contributed by atoms with Crippen LogP contribution in [0.1, 0.15) is 25.7 Å². The second-order valence-corrected chi connectivity index (χ2v) is 4.92. The highest BCUT2D eigenvalue weighted by Gasteiger charge is 2.26. The Labute approximate surface area is 87.3 Å². The summed E-state index contributed by atoms with van der Waals surface area (Å²) in [7, 11) is 0. The highest BCUT2D eigenvalue weighted by Crippen LogP contribution is 2.38. The first-order valence-corrected chi connectivity index (χ1v) is 5.77. The predicted molar refractivity (Wildman–Crippen MR) is 55.6 cm³/mol. The van der Waals surface area contributed by atoms with E-state index in [1.54, 1.807) is 11.8 Å². The zero-order valence-electron chi connectivity index (χ0n) is 7.86. The van der Waals surface area contributed by atoms with Crippen LogP contribution >= 0.6 is 11.8 Å². The Hall–Kier alpha value is -0.770. The van der Waals surface area contributed by atoms with Gasteiger partial charge >= 0.3 is 0 Å². The number of ketones is 1. The fraction of sp³-hybridized carbons (Fsp3) is 0.600. The maximum atomic E-state index is 11.0. The molecule has 1 unspecified atom stereocenters. The van der Waals surface area contributed by atoms with E-state index in [1.165, 1.54) is 4.91 Å². The Kier molecular flexibility index (Phi) is 2.91. The van der Waals surface area contributed by atoms with E-state index < -0.39 is 0 Å². The van der Waals surface area contributed by atoms with E-state index in [-0.39, 0.29) is 5.37 Å². The summed E-state index contributed by atoms with van der Waals surface area (Å²) in [5.41, 5.74) is 0. The van der Waals surface area contributed by atoms with Crippen molar-refractivity contribution in [2.75, 3.05) is 0 Å². The van der Waals surface area contributed by atoms with Gasteiger partial charge in [0.1, 0.15) is 11.2 Å². The van der Waals surface area contributed by atoms with Crippen molar-refractivity contribution in [2.45, 2.75) is 31.1 Å². The summed E-state index contributed by atoms with van der Waals surface area (Å²) in [6.45, 7) is 0. The molecular formula is C10H13NO2S. The SMILES string of the molecule is O=CC1NC=C(C2CCC(=O)CC2)S1. The zero-order chi connectivity index (χ0) is 9.97. The molecule has 1 N–H and O–H groups in total. The number of hydrogen-bond donors (Lipinski definition) is 1. The van der Waals surface area contributed by atoms with Gasteiger partial charge in [0.15, 0.2) is 6.29 Å². The first-order chi connectivity index (χ1) is 6.79. The Morgan fingerprint density at radius 2 is 2.14 bits per heavy atom. The van der Waals surface area contributed by atoms with Crippen molar-refractivity contribution in [3.8, 4) is 0 Å². The minimum Gasteiger partial charge on any atom is -0.372 e. The van der Waals surface area contributed by atoms with Gasteiger partial charge in [-0.15, -0.1) is 0 Å². The van der Waals surface area contributed by atoms with Gasteiger partial charge < -0.3 is 10.1 Å². The number of carbonyl (C=O) groups is 2. The van der Waals surface area contributed by atoms with Gasteiger partial charge in [0.2, 0.25) is 0 Å². The van der Waals surface area contributed by atoms with Crippen molar-refractivity contribution in [3.63, 3.8) is 0 Å². The van der Waals surface area contributed by atoms with Crippen molar-refractivity contribution in [1.82, 2.24) is 5.32 Å². The van der Waals surface area contributed by atoms with Gasteiger partial charge in [-0.25, -0.2) is 0 Å². The van der Waals surface area contributed by atoms with E-state index in [4.69, 9.17) is 0 Å². The Bertz CT molecular complexity index is 278. The highest BCUT2D eigenvalue weighted by atomic mass is 32.2. The molecule has 4 heteroatoms. The van der Waals surface area contributed by atoms with Crippen LogP contribution in [0.25, 0.3) is 0 Å². The van der Waals surface area contributed by atoms with Gasteiger partial charge in [-0.3, -0.25) is 4.79 Å². The Morgan fingerprint density at radius 1 is 1.43 bits per heavy atom. The monoisotopic (exact) mass is 211 g/mol. The number of carbonyl (C=O) groups excluding carboxylic acids is 2. The third-order valence-electron chi connectivity index (χ3n) is 2.72. The highest BCUT2D eigenvalue weighted by molar-refractivity contribution is 8.04. The number of hydrogen-bond acceptors (Lipinski definition) is 4. The quantitative estimate of drug-likeness (QED) is 0.702. The molecule has 0 aromatic rings. The van der Waals surface area contributed by atoms with Crippen molar-refractivity contribution >= 4 is 23.8 Å². The molecule has 1 fully saturated rings. The molecule has 0 saturated heterocycles. The number of nitrogens with one attached hydrogen (secondary N) is 1. The number of aldehydes is 1. The molecule has 2 rings (SSSR count). The zero-order valence-corrected chi connectivity index (χ0v) is 8.68. The average molecular weight is 211 g/mol. The Balaban J connectivity index is 1.91. The lowest BCUT2D eigenvalue weighted by Gasteiger charge is -2.21. The average Bonchev–Trinajstić information content (AvgIpc) is 2.67. The van der Waals surface area contributed by atoms with Crippen LogP contribution in [0.15, 0.2) is 11.1 Å². The van der Waals surface area contributed by atoms with E-state index in [9.17, 15) is 9.59 Å². The van der Waals surface area contributed by atoms with Crippen molar-refractivity contribution in [1.29, 1.82) is 0 Å². The molecule has 1 heterocycles. The molecular weight excluding hydrogens is 198 g/mol. The van der Waals surface area contributed by atoms with Crippen LogP contribution in [0.2, 0.25) is 0 Å². The summed E-state index contributed by atoms with van der Waals surface area (Å²) in [6, 6.07) is 0. The van der Waals surface area contributed by atoms with Crippen LogP contribution in [-0.2, 0) is 9.59 Å². The van der Waals surface area contributed by atoms with E-state index in [2.05, 4.69) is 5.32 Å². The van der Waals surface area contributed by atoms with E-state index >= 15 is 0 Å². The topological polar surface area (TPSA) is 46.2 Å². The second kappa shape index (κ2) is 4.17. The largest absolute Gasteiger partial charge is 0.372 e. The number of allylic oxidation sites excluding steroid dienone is 1. The molecule has 1 atom stereocenters. The minimum atomic E-state index is -0.109. The van der Waals surface area contributed by atoms with E-state index in [0.717, 1.165) is 19.1 Å². The summed E-state index contributed by atoms with van der Waals surface area (Å²) < 4.78 is 0. The van der Waals surface area contributed by atoms with Gasteiger partial charge in [-0.1, -0.05) is 11.8 Å². The molecule has 0 aromatic carbocycles. The molecule has 2 aliphatic rings. The van der Waals surface area contributed by atoms with Crippen LogP contribution in [0, 0.1) is 5.92 Å². The molecule has 14 heavy (non-hydrogen) atoms. The third kappa shape index (κ3) is 2.00.